The maximum atomic E-state index is 9.72. The zero-order chi connectivity index (χ0) is 21.7. The van der Waals surface area contributed by atoms with Crippen molar-refractivity contribution in [1.82, 2.24) is 9.80 Å². The average Bonchev–Trinajstić information content (AvgIpc) is 2.65. The molecule has 0 rings (SSSR count). The number of rotatable bonds is 22. The van der Waals surface area contributed by atoms with E-state index in [1.165, 1.54) is 90.1 Å². The second kappa shape index (κ2) is 21.1. The molecule has 0 aliphatic heterocycles. The van der Waals surface area contributed by atoms with Gasteiger partial charge in [0.25, 0.3) is 0 Å². The lowest BCUT2D eigenvalue weighted by Gasteiger charge is -2.27. The number of hydrogen-bond donors (Lipinski definition) is 2. The van der Waals surface area contributed by atoms with Crippen LogP contribution >= 0.6 is 0 Å². The predicted octanol–water partition coefficient (Wildman–Crippen LogP) is 5.46. The highest BCUT2D eigenvalue weighted by Crippen LogP contribution is 2.10. The van der Waals surface area contributed by atoms with Crippen molar-refractivity contribution in [2.45, 2.75) is 123 Å². The van der Waals surface area contributed by atoms with Crippen LogP contribution in [0.5, 0.6) is 0 Å². The molecule has 4 heteroatoms. The fourth-order valence-electron chi connectivity index (χ4n) is 4.09. The summed E-state index contributed by atoms with van der Waals surface area (Å²) in [5, 5.41) is 19.4. The summed E-state index contributed by atoms with van der Waals surface area (Å²) in [6.45, 7) is 14.1. The molecule has 0 aromatic heterocycles. The fraction of sp³-hybridized carbons (Fsp3) is 1.00. The van der Waals surface area contributed by atoms with Crippen LogP contribution in [0.1, 0.15) is 111 Å². The molecular formula is C25H54N2O2. The van der Waals surface area contributed by atoms with E-state index < -0.39 is 0 Å². The maximum absolute atomic E-state index is 9.72. The van der Waals surface area contributed by atoms with Crippen molar-refractivity contribution in [3.05, 3.63) is 0 Å². The molecular weight excluding hydrogens is 360 g/mol. The Hall–Kier alpha value is -0.160. The van der Waals surface area contributed by atoms with E-state index in [-0.39, 0.29) is 12.2 Å². The average molecular weight is 415 g/mol. The quantitative estimate of drug-likeness (QED) is 0.231. The van der Waals surface area contributed by atoms with E-state index in [0.717, 1.165) is 19.5 Å². The lowest BCUT2D eigenvalue weighted by Crippen LogP contribution is -2.38. The molecule has 0 aromatic rings. The van der Waals surface area contributed by atoms with E-state index in [4.69, 9.17) is 0 Å². The van der Waals surface area contributed by atoms with E-state index in [2.05, 4.69) is 23.6 Å². The highest BCUT2D eigenvalue weighted by Gasteiger charge is 2.12. The molecule has 0 spiro atoms. The van der Waals surface area contributed by atoms with E-state index in [1.807, 2.05) is 13.8 Å². The number of nitrogens with zero attached hydrogens (tertiary/aromatic N) is 2. The predicted molar refractivity (Wildman–Crippen MR) is 128 cm³/mol. The zero-order valence-corrected chi connectivity index (χ0v) is 20.4. The van der Waals surface area contributed by atoms with E-state index >= 15 is 0 Å². The summed E-state index contributed by atoms with van der Waals surface area (Å²) < 4.78 is 0. The standard InChI is InChI=1S/C25H54N2O2/c1-5-7-9-11-13-15-18-26(19-16-14-12-10-8-6-2)20-17-21-27(22-24(3)28)23-25(4)29/h24-25,28-29H,5-23H2,1-4H3. The largest absolute Gasteiger partial charge is 0.392 e. The van der Waals surface area contributed by atoms with Crippen molar-refractivity contribution < 1.29 is 10.2 Å². The van der Waals surface area contributed by atoms with Crippen LogP contribution in [0.15, 0.2) is 0 Å². The van der Waals surface area contributed by atoms with Crippen molar-refractivity contribution in [3.8, 4) is 0 Å². The third-order valence-corrected chi connectivity index (χ3v) is 5.65. The van der Waals surface area contributed by atoms with Gasteiger partial charge in [-0.25, -0.2) is 0 Å². The fourth-order valence-corrected chi connectivity index (χ4v) is 4.09. The molecule has 0 aliphatic rings. The molecule has 0 radical (unpaired) electrons. The second-order valence-corrected chi connectivity index (χ2v) is 9.19. The van der Waals surface area contributed by atoms with Crippen LogP contribution in [-0.4, -0.2) is 71.5 Å². The summed E-state index contributed by atoms with van der Waals surface area (Å²) in [7, 11) is 0. The lowest BCUT2D eigenvalue weighted by molar-refractivity contribution is 0.0805. The summed E-state index contributed by atoms with van der Waals surface area (Å²) >= 11 is 0. The van der Waals surface area contributed by atoms with Gasteiger partial charge in [0, 0.05) is 13.1 Å². The molecule has 0 saturated carbocycles. The van der Waals surface area contributed by atoms with E-state index in [0.29, 0.717) is 13.1 Å². The first-order chi connectivity index (χ1) is 14.0. The highest BCUT2D eigenvalue weighted by molar-refractivity contribution is 4.67. The minimum Gasteiger partial charge on any atom is -0.392 e. The van der Waals surface area contributed by atoms with Crippen molar-refractivity contribution >= 4 is 0 Å². The third-order valence-electron chi connectivity index (χ3n) is 5.65. The number of hydrogen-bond acceptors (Lipinski definition) is 4. The Morgan fingerprint density at radius 1 is 0.483 bits per heavy atom. The number of aliphatic hydroxyl groups is 2. The molecule has 0 amide bonds. The normalized spacial score (nSPS) is 14.1. The van der Waals surface area contributed by atoms with Gasteiger partial charge in [-0.1, -0.05) is 78.1 Å². The van der Waals surface area contributed by atoms with Gasteiger partial charge in [0.15, 0.2) is 0 Å². The summed E-state index contributed by atoms with van der Waals surface area (Å²) in [6, 6.07) is 0. The molecule has 0 bridgehead atoms. The smallest absolute Gasteiger partial charge is 0.0639 e. The molecule has 0 heterocycles. The van der Waals surface area contributed by atoms with Crippen molar-refractivity contribution in [2.75, 3.05) is 39.3 Å². The molecule has 2 atom stereocenters. The minimum atomic E-state index is -0.337. The molecule has 0 saturated heterocycles. The summed E-state index contributed by atoms with van der Waals surface area (Å²) in [6.07, 6.45) is 16.8. The first-order valence-corrected chi connectivity index (χ1v) is 12.8. The van der Waals surface area contributed by atoms with Crippen molar-refractivity contribution in [3.63, 3.8) is 0 Å². The minimum absolute atomic E-state index is 0.337. The summed E-state index contributed by atoms with van der Waals surface area (Å²) in [5.74, 6) is 0. The Bertz CT molecular complexity index is 298. The molecule has 0 aromatic carbocycles. The van der Waals surface area contributed by atoms with Gasteiger partial charge in [-0.05, 0) is 59.3 Å². The molecule has 176 valence electrons. The molecule has 0 aliphatic carbocycles. The van der Waals surface area contributed by atoms with Crippen LogP contribution in [0.3, 0.4) is 0 Å². The third kappa shape index (κ3) is 20.9. The first-order valence-electron chi connectivity index (χ1n) is 12.8. The molecule has 2 N–H and O–H groups in total. The SMILES string of the molecule is CCCCCCCCN(CCCCCCCC)CCCN(CC(C)O)CC(C)O. The number of aliphatic hydroxyl groups excluding tert-OH is 2. The topological polar surface area (TPSA) is 46.9 Å². The van der Waals surface area contributed by atoms with E-state index in [1.54, 1.807) is 0 Å². The van der Waals surface area contributed by atoms with Gasteiger partial charge in [-0.2, -0.15) is 0 Å². The van der Waals surface area contributed by atoms with Gasteiger partial charge in [-0.3, -0.25) is 4.90 Å². The van der Waals surface area contributed by atoms with Crippen LogP contribution < -0.4 is 0 Å². The maximum Gasteiger partial charge on any atom is 0.0639 e. The van der Waals surface area contributed by atoms with Crippen LogP contribution in [0.4, 0.5) is 0 Å². The molecule has 4 nitrogen and oxygen atoms in total. The zero-order valence-electron chi connectivity index (χ0n) is 20.4. The number of unbranched alkanes of at least 4 members (excludes halogenated alkanes) is 10. The first kappa shape index (κ1) is 28.8. The van der Waals surface area contributed by atoms with Crippen LogP contribution in [0.25, 0.3) is 0 Å². The molecule has 0 fully saturated rings. The Kier molecular flexibility index (Phi) is 21.0. The monoisotopic (exact) mass is 414 g/mol. The second-order valence-electron chi connectivity index (χ2n) is 9.19. The molecule has 29 heavy (non-hydrogen) atoms. The Labute approximate surface area is 183 Å². The van der Waals surface area contributed by atoms with Gasteiger partial charge in [0.1, 0.15) is 0 Å². The van der Waals surface area contributed by atoms with Crippen LogP contribution in [-0.2, 0) is 0 Å². The van der Waals surface area contributed by atoms with Crippen molar-refractivity contribution in [2.24, 2.45) is 0 Å². The van der Waals surface area contributed by atoms with Gasteiger partial charge in [0.05, 0.1) is 12.2 Å². The van der Waals surface area contributed by atoms with Crippen molar-refractivity contribution in [1.29, 1.82) is 0 Å². The Morgan fingerprint density at radius 3 is 1.24 bits per heavy atom. The van der Waals surface area contributed by atoms with E-state index in [9.17, 15) is 10.2 Å². The molecule has 2 unspecified atom stereocenters. The summed E-state index contributed by atoms with van der Waals surface area (Å²) in [4.78, 5) is 4.88. The van der Waals surface area contributed by atoms with Gasteiger partial charge < -0.3 is 15.1 Å². The van der Waals surface area contributed by atoms with Gasteiger partial charge >= 0.3 is 0 Å². The summed E-state index contributed by atoms with van der Waals surface area (Å²) in [5.41, 5.74) is 0. The van der Waals surface area contributed by atoms with Gasteiger partial charge in [-0.15, -0.1) is 0 Å². The van der Waals surface area contributed by atoms with Crippen LogP contribution in [0, 0.1) is 0 Å². The lowest BCUT2D eigenvalue weighted by atomic mass is 10.1. The Balaban J connectivity index is 4.23. The van der Waals surface area contributed by atoms with Gasteiger partial charge in [0.2, 0.25) is 0 Å². The van der Waals surface area contributed by atoms with Crippen LogP contribution in [0.2, 0.25) is 0 Å². The Morgan fingerprint density at radius 2 is 0.828 bits per heavy atom. The highest BCUT2D eigenvalue weighted by atomic mass is 16.3.